The molecule has 2 rings (SSSR count). The van der Waals surface area contributed by atoms with Crippen LogP contribution < -0.4 is 10.2 Å². The van der Waals surface area contributed by atoms with Gasteiger partial charge in [-0.05, 0) is 102 Å². The molecule has 0 saturated carbocycles. The molecule has 0 atom stereocenters. The van der Waals surface area contributed by atoms with Gasteiger partial charge in [0.1, 0.15) is 11.4 Å². The summed E-state index contributed by atoms with van der Waals surface area (Å²) >= 11 is 11.1. The molecule has 2 heterocycles. The second kappa shape index (κ2) is 11.6. The van der Waals surface area contributed by atoms with Crippen molar-refractivity contribution in [3.05, 3.63) is 28.4 Å². The van der Waals surface area contributed by atoms with Crippen molar-refractivity contribution in [3.8, 4) is 0 Å². The third kappa shape index (κ3) is 5.62. The number of aliphatic imine (C=N–C) groups is 1. The van der Waals surface area contributed by atoms with Crippen molar-refractivity contribution in [3.63, 3.8) is 0 Å². The minimum absolute atomic E-state index is 0.00631. The SMILES string of the molecule is Cc1c(C)[n+](C(C)C)c(/N=C(\N=c2n(C(C)C)c(C)c(C)n2C(C)C)N(C(=S)[S-])C(C)C)n1C(C)C. The van der Waals surface area contributed by atoms with Gasteiger partial charge in [-0.3, -0.25) is 0 Å². The number of guanidine groups is 1. The lowest BCUT2D eigenvalue weighted by Gasteiger charge is -2.29. The smallest absolute Gasteiger partial charge is 0.403 e. The van der Waals surface area contributed by atoms with Crippen molar-refractivity contribution in [1.29, 1.82) is 0 Å². The summed E-state index contributed by atoms with van der Waals surface area (Å²) in [4.78, 5) is 12.5. The highest BCUT2D eigenvalue weighted by Crippen LogP contribution is 2.25. The first kappa shape index (κ1) is 30.2. The number of aromatic nitrogens is 4. The maximum atomic E-state index is 5.57. The Balaban J connectivity index is 3.16. The van der Waals surface area contributed by atoms with Gasteiger partial charge in [-0.15, -0.1) is 0 Å². The fraction of sp³-hybridized carbons (Fsp3) is 0.704. The Hall–Kier alpha value is -2.00. The summed E-state index contributed by atoms with van der Waals surface area (Å²) in [5.74, 6) is 1.38. The fourth-order valence-corrected chi connectivity index (χ4v) is 5.64. The van der Waals surface area contributed by atoms with E-state index in [0.717, 1.165) is 11.6 Å². The zero-order valence-electron chi connectivity index (χ0n) is 24.8. The maximum Gasteiger partial charge on any atom is 0.403 e. The molecule has 36 heavy (non-hydrogen) atoms. The quantitative estimate of drug-likeness (QED) is 0.149. The molecule has 202 valence electrons. The normalized spacial score (nSPS) is 12.7. The van der Waals surface area contributed by atoms with Gasteiger partial charge in [-0.25, -0.2) is 9.13 Å². The fourth-order valence-electron chi connectivity index (χ4n) is 5.05. The Kier molecular flexibility index (Phi) is 9.73. The van der Waals surface area contributed by atoms with Crippen LogP contribution in [0.1, 0.15) is 116 Å². The molecule has 0 amide bonds. The molecule has 0 aliphatic carbocycles. The Morgan fingerprint density at radius 3 is 1.56 bits per heavy atom. The summed E-state index contributed by atoms with van der Waals surface area (Å²) in [5, 5.41) is 0. The molecular formula is C27H47N7S2. The second-order valence-electron chi connectivity index (χ2n) is 11.0. The summed E-state index contributed by atoms with van der Waals surface area (Å²) in [7, 11) is 0. The summed E-state index contributed by atoms with van der Waals surface area (Å²) in [6.07, 6.45) is 0. The molecular weight excluding hydrogens is 486 g/mol. The maximum absolute atomic E-state index is 5.57. The predicted molar refractivity (Wildman–Crippen MR) is 157 cm³/mol. The molecule has 0 radical (unpaired) electrons. The topological polar surface area (TPSA) is 46.6 Å². The van der Waals surface area contributed by atoms with Crippen molar-refractivity contribution in [2.75, 3.05) is 0 Å². The van der Waals surface area contributed by atoms with Gasteiger partial charge in [0.05, 0.1) is 12.1 Å². The zero-order chi connectivity index (χ0) is 27.8. The van der Waals surface area contributed by atoms with Crippen LogP contribution in [-0.2, 0) is 12.6 Å². The highest BCUT2D eigenvalue weighted by molar-refractivity contribution is 8.00. The van der Waals surface area contributed by atoms with Crippen molar-refractivity contribution in [2.45, 2.75) is 127 Å². The van der Waals surface area contributed by atoms with Gasteiger partial charge in [0.15, 0.2) is 0 Å². The molecule has 0 unspecified atom stereocenters. The molecule has 0 spiro atoms. The van der Waals surface area contributed by atoms with Crippen LogP contribution in [0.15, 0.2) is 9.98 Å². The van der Waals surface area contributed by atoms with Crippen molar-refractivity contribution in [1.82, 2.24) is 18.6 Å². The van der Waals surface area contributed by atoms with E-state index in [9.17, 15) is 0 Å². The Morgan fingerprint density at radius 2 is 1.22 bits per heavy atom. The average Bonchev–Trinajstić information content (AvgIpc) is 3.11. The molecule has 0 saturated heterocycles. The highest BCUT2D eigenvalue weighted by Gasteiger charge is 2.31. The van der Waals surface area contributed by atoms with Crippen molar-refractivity contribution in [2.24, 2.45) is 9.98 Å². The van der Waals surface area contributed by atoms with E-state index in [2.05, 4.69) is 115 Å². The Bertz CT molecular complexity index is 1140. The molecule has 2 aromatic rings. The second-order valence-corrected chi connectivity index (χ2v) is 12.1. The third-order valence-corrected chi connectivity index (χ3v) is 7.14. The lowest BCUT2D eigenvalue weighted by atomic mass is 10.3. The molecule has 0 fully saturated rings. The van der Waals surface area contributed by atoms with Gasteiger partial charge < -0.3 is 38.9 Å². The van der Waals surface area contributed by atoms with Crippen LogP contribution in [-0.4, -0.2) is 34.9 Å². The van der Waals surface area contributed by atoms with Gasteiger partial charge >= 0.3 is 11.9 Å². The van der Waals surface area contributed by atoms with Crippen LogP contribution >= 0.6 is 12.2 Å². The largest absolute Gasteiger partial charge is 0.411 e. The van der Waals surface area contributed by atoms with E-state index >= 15 is 0 Å². The molecule has 9 heteroatoms. The van der Waals surface area contributed by atoms with Crippen LogP contribution in [0.4, 0.5) is 5.95 Å². The summed E-state index contributed by atoms with van der Waals surface area (Å²) in [6, 6.07) is 0.937. The van der Waals surface area contributed by atoms with Crippen LogP contribution in [0, 0.1) is 27.7 Å². The molecule has 0 aliphatic rings. The van der Waals surface area contributed by atoms with Gasteiger partial charge in [0, 0.05) is 29.5 Å². The minimum Gasteiger partial charge on any atom is -0.411 e. The lowest BCUT2D eigenvalue weighted by molar-refractivity contribution is -0.708. The van der Waals surface area contributed by atoms with Crippen LogP contribution in [0.5, 0.6) is 0 Å². The molecule has 0 aliphatic heterocycles. The van der Waals surface area contributed by atoms with E-state index < -0.39 is 0 Å². The molecule has 2 aromatic heterocycles. The molecule has 0 aromatic carbocycles. The lowest BCUT2D eigenvalue weighted by Crippen LogP contribution is -2.43. The Labute approximate surface area is 229 Å². The van der Waals surface area contributed by atoms with Gasteiger partial charge in [0.25, 0.3) is 0 Å². The van der Waals surface area contributed by atoms with Crippen LogP contribution in [0.3, 0.4) is 0 Å². The molecule has 7 nitrogen and oxygen atoms in total. The summed E-state index contributed by atoms with van der Waals surface area (Å²) in [5.41, 5.74) is 5.65. The van der Waals surface area contributed by atoms with E-state index in [1.54, 1.807) is 0 Å². The number of imidazole rings is 2. The molecule has 0 N–H and O–H groups in total. The van der Waals surface area contributed by atoms with Gasteiger partial charge in [-0.1, -0.05) is 4.32 Å². The van der Waals surface area contributed by atoms with E-state index in [4.69, 9.17) is 34.8 Å². The van der Waals surface area contributed by atoms with E-state index in [1.807, 2.05) is 4.90 Å². The third-order valence-electron chi connectivity index (χ3n) is 6.75. The first-order chi connectivity index (χ1) is 16.5. The standard InChI is InChI=1S/C27H47N7S2/c1-15(2)30-20(11)21(12)31(16(3)4)25(30)28-24(34(19(9)10)27(35)36)29-26-32(17(5)6)22(13)23(14)33(26)18(7)8/h15-19H,1-14H3. The Morgan fingerprint density at radius 1 is 0.778 bits per heavy atom. The summed E-state index contributed by atoms with van der Waals surface area (Å²) in [6.45, 7) is 30.3. The predicted octanol–water partition coefficient (Wildman–Crippen LogP) is 6.07. The van der Waals surface area contributed by atoms with Crippen LogP contribution in [0.25, 0.3) is 0 Å². The number of hydrogen-bond acceptors (Lipinski definition) is 3. The van der Waals surface area contributed by atoms with E-state index in [0.29, 0.717) is 10.3 Å². The van der Waals surface area contributed by atoms with Crippen molar-refractivity contribution < 1.29 is 4.57 Å². The minimum atomic E-state index is 0.00631. The first-order valence-corrected chi connectivity index (χ1v) is 13.9. The highest BCUT2D eigenvalue weighted by atomic mass is 32.1. The zero-order valence-corrected chi connectivity index (χ0v) is 26.5. The van der Waals surface area contributed by atoms with E-state index in [1.165, 1.54) is 22.8 Å². The first-order valence-electron chi connectivity index (χ1n) is 13.1. The number of thiocarbonyl (C=S) groups is 1. The van der Waals surface area contributed by atoms with E-state index in [-0.39, 0.29) is 30.2 Å². The van der Waals surface area contributed by atoms with Crippen molar-refractivity contribution >= 4 is 41.1 Å². The molecule has 0 bridgehead atoms. The van der Waals surface area contributed by atoms with Gasteiger partial charge in [-0.2, -0.15) is 4.99 Å². The van der Waals surface area contributed by atoms with Gasteiger partial charge in [0.2, 0.25) is 5.62 Å². The number of hydrogen-bond donors (Lipinski definition) is 0. The number of nitrogens with zero attached hydrogens (tertiary/aromatic N) is 7. The summed E-state index contributed by atoms with van der Waals surface area (Å²) < 4.78 is 9.47. The average molecular weight is 534 g/mol. The van der Waals surface area contributed by atoms with Crippen LogP contribution in [0.2, 0.25) is 0 Å². The number of rotatable bonds is 6. The monoisotopic (exact) mass is 533 g/mol.